The Balaban J connectivity index is 2.85. The highest BCUT2D eigenvalue weighted by molar-refractivity contribution is 6.44. The first-order valence-electron chi connectivity index (χ1n) is 4.18. The van der Waals surface area contributed by atoms with Crippen LogP contribution in [0.4, 0.5) is 0 Å². The number of nitrogens with one attached hydrogen (secondary N) is 1. The lowest BCUT2D eigenvalue weighted by Crippen LogP contribution is -1.83. The Kier molecular flexibility index (Phi) is 2.59. The van der Waals surface area contributed by atoms with Gasteiger partial charge in [0.05, 0.1) is 22.8 Å². The average molecular weight is 244 g/mol. The number of aldehydes is 1. The lowest BCUT2D eigenvalue weighted by atomic mass is 10.2. The molecule has 2 rings (SSSR count). The summed E-state index contributed by atoms with van der Waals surface area (Å²) in [6, 6.07) is 3.48. The van der Waals surface area contributed by atoms with E-state index >= 15 is 0 Å². The maximum absolute atomic E-state index is 10.7. The van der Waals surface area contributed by atoms with Crippen LogP contribution in [0.3, 0.4) is 0 Å². The summed E-state index contributed by atoms with van der Waals surface area (Å²) in [6.07, 6.45) is 0.658. The molecule has 0 radical (unpaired) electrons. The first kappa shape index (κ1) is 10.3. The standard InChI is InChI=1S/C10H7Cl2NO2/c1-15-7-3-2-5-8(10(7)12)9(11)6(4-14)13-5/h2-4,13H,1H3. The molecule has 0 aliphatic carbocycles. The van der Waals surface area contributed by atoms with Crippen LogP contribution < -0.4 is 4.74 Å². The molecule has 1 heterocycles. The van der Waals surface area contributed by atoms with E-state index in [0.29, 0.717) is 38.7 Å². The van der Waals surface area contributed by atoms with Gasteiger partial charge in [0.1, 0.15) is 5.75 Å². The predicted molar refractivity (Wildman–Crippen MR) is 60.3 cm³/mol. The molecule has 1 aromatic heterocycles. The summed E-state index contributed by atoms with van der Waals surface area (Å²) in [7, 11) is 1.52. The van der Waals surface area contributed by atoms with Crippen LogP contribution in [0.2, 0.25) is 10.0 Å². The quantitative estimate of drug-likeness (QED) is 0.823. The van der Waals surface area contributed by atoms with Gasteiger partial charge in [-0.2, -0.15) is 0 Å². The lowest BCUT2D eigenvalue weighted by Gasteiger charge is -2.03. The van der Waals surface area contributed by atoms with Gasteiger partial charge in [-0.25, -0.2) is 0 Å². The minimum absolute atomic E-state index is 0.321. The Morgan fingerprint density at radius 1 is 1.33 bits per heavy atom. The first-order valence-corrected chi connectivity index (χ1v) is 4.93. The predicted octanol–water partition coefficient (Wildman–Crippen LogP) is 3.30. The summed E-state index contributed by atoms with van der Waals surface area (Å²) in [6.45, 7) is 0. The number of carbonyl (C=O) groups excluding carboxylic acids is 1. The van der Waals surface area contributed by atoms with E-state index in [9.17, 15) is 4.79 Å². The molecule has 15 heavy (non-hydrogen) atoms. The van der Waals surface area contributed by atoms with Gasteiger partial charge in [0, 0.05) is 10.9 Å². The Morgan fingerprint density at radius 2 is 2.07 bits per heavy atom. The van der Waals surface area contributed by atoms with Crippen molar-refractivity contribution in [1.29, 1.82) is 0 Å². The number of halogens is 2. The number of hydrogen-bond donors (Lipinski definition) is 1. The number of carbonyl (C=O) groups is 1. The van der Waals surface area contributed by atoms with Gasteiger partial charge in [-0.15, -0.1) is 0 Å². The summed E-state index contributed by atoms with van der Waals surface area (Å²) in [5.74, 6) is 0.530. The van der Waals surface area contributed by atoms with E-state index in [-0.39, 0.29) is 0 Å². The Labute approximate surface area is 95.9 Å². The summed E-state index contributed by atoms with van der Waals surface area (Å²) in [4.78, 5) is 13.5. The second kappa shape index (κ2) is 3.76. The van der Waals surface area contributed by atoms with Crippen molar-refractivity contribution in [2.24, 2.45) is 0 Å². The molecular weight excluding hydrogens is 237 g/mol. The van der Waals surface area contributed by atoms with E-state index in [1.54, 1.807) is 12.1 Å². The third kappa shape index (κ3) is 1.48. The average Bonchev–Trinajstić information content (AvgIpc) is 2.57. The molecule has 5 heteroatoms. The second-order valence-corrected chi connectivity index (χ2v) is 3.73. The molecule has 0 amide bonds. The molecule has 2 aromatic rings. The van der Waals surface area contributed by atoms with Gasteiger partial charge in [-0.3, -0.25) is 4.79 Å². The van der Waals surface area contributed by atoms with Gasteiger partial charge in [-0.05, 0) is 12.1 Å². The molecule has 0 aliphatic rings. The highest BCUT2D eigenvalue weighted by Gasteiger charge is 2.14. The topological polar surface area (TPSA) is 42.1 Å². The molecule has 0 saturated heterocycles. The summed E-state index contributed by atoms with van der Waals surface area (Å²) >= 11 is 12.1. The van der Waals surface area contributed by atoms with Crippen molar-refractivity contribution in [3.63, 3.8) is 0 Å². The number of benzene rings is 1. The van der Waals surface area contributed by atoms with E-state index in [1.165, 1.54) is 7.11 Å². The van der Waals surface area contributed by atoms with E-state index in [1.807, 2.05) is 0 Å². The third-order valence-corrected chi connectivity index (χ3v) is 2.94. The Morgan fingerprint density at radius 3 is 2.67 bits per heavy atom. The number of ether oxygens (including phenoxy) is 1. The maximum Gasteiger partial charge on any atom is 0.167 e. The molecule has 0 fully saturated rings. The number of H-pyrrole nitrogens is 1. The van der Waals surface area contributed by atoms with Crippen LogP contribution >= 0.6 is 23.2 Å². The van der Waals surface area contributed by atoms with E-state index in [0.717, 1.165) is 0 Å². The first-order chi connectivity index (χ1) is 7.19. The number of methoxy groups -OCH3 is 1. The van der Waals surface area contributed by atoms with Gasteiger partial charge in [0.2, 0.25) is 0 Å². The number of aromatic amines is 1. The van der Waals surface area contributed by atoms with E-state index in [2.05, 4.69) is 4.98 Å². The molecule has 0 atom stereocenters. The fourth-order valence-corrected chi connectivity index (χ4v) is 2.12. The molecule has 0 spiro atoms. The zero-order valence-corrected chi connectivity index (χ0v) is 9.32. The minimum atomic E-state index is 0.321. The summed E-state index contributed by atoms with van der Waals surface area (Å²) < 4.78 is 5.06. The van der Waals surface area contributed by atoms with Crippen molar-refractivity contribution in [2.75, 3.05) is 7.11 Å². The van der Waals surface area contributed by atoms with Crippen molar-refractivity contribution in [3.05, 3.63) is 27.9 Å². The molecule has 1 aromatic carbocycles. The van der Waals surface area contributed by atoms with E-state index < -0.39 is 0 Å². The monoisotopic (exact) mass is 243 g/mol. The second-order valence-electron chi connectivity index (χ2n) is 2.97. The van der Waals surface area contributed by atoms with Crippen molar-refractivity contribution >= 4 is 40.4 Å². The Bertz CT molecular complexity index is 534. The Hall–Kier alpha value is -1.19. The minimum Gasteiger partial charge on any atom is -0.495 e. The highest BCUT2D eigenvalue weighted by atomic mass is 35.5. The third-order valence-electron chi connectivity index (χ3n) is 2.17. The number of fused-ring (bicyclic) bond motifs is 1. The van der Waals surface area contributed by atoms with Crippen LogP contribution in [-0.4, -0.2) is 18.4 Å². The molecule has 78 valence electrons. The molecular formula is C10H7Cl2NO2. The van der Waals surface area contributed by atoms with Gasteiger partial charge in [0.15, 0.2) is 6.29 Å². The van der Waals surface area contributed by atoms with Crippen molar-refractivity contribution in [3.8, 4) is 5.75 Å². The summed E-state index contributed by atoms with van der Waals surface area (Å²) in [5.41, 5.74) is 1.04. The number of rotatable bonds is 2. The number of hydrogen-bond acceptors (Lipinski definition) is 2. The van der Waals surface area contributed by atoms with Crippen LogP contribution in [0.5, 0.6) is 5.75 Å². The van der Waals surface area contributed by atoms with Crippen molar-refractivity contribution in [1.82, 2.24) is 4.98 Å². The fraction of sp³-hybridized carbons (Fsp3) is 0.100. The molecule has 3 nitrogen and oxygen atoms in total. The molecule has 0 bridgehead atoms. The summed E-state index contributed by atoms with van der Waals surface area (Å²) in [5, 5.41) is 1.34. The zero-order valence-electron chi connectivity index (χ0n) is 7.80. The highest BCUT2D eigenvalue weighted by Crippen LogP contribution is 2.38. The van der Waals surface area contributed by atoms with Gasteiger partial charge in [-0.1, -0.05) is 23.2 Å². The zero-order chi connectivity index (χ0) is 11.0. The van der Waals surface area contributed by atoms with Crippen LogP contribution in [0, 0.1) is 0 Å². The maximum atomic E-state index is 10.7. The van der Waals surface area contributed by atoms with Crippen LogP contribution in [-0.2, 0) is 0 Å². The SMILES string of the molecule is COc1ccc2[nH]c(C=O)c(Cl)c2c1Cl. The molecule has 1 N–H and O–H groups in total. The molecule has 0 saturated carbocycles. The normalized spacial score (nSPS) is 10.6. The largest absolute Gasteiger partial charge is 0.495 e. The smallest absolute Gasteiger partial charge is 0.167 e. The van der Waals surface area contributed by atoms with Crippen molar-refractivity contribution < 1.29 is 9.53 Å². The fourth-order valence-electron chi connectivity index (χ4n) is 1.45. The number of aromatic nitrogens is 1. The molecule has 0 unspecified atom stereocenters. The lowest BCUT2D eigenvalue weighted by molar-refractivity contribution is 0.112. The van der Waals surface area contributed by atoms with Crippen LogP contribution in [0.15, 0.2) is 12.1 Å². The van der Waals surface area contributed by atoms with Crippen LogP contribution in [0.25, 0.3) is 10.9 Å². The van der Waals surface area contributed by atoms with Gasteiger partial charge < -0.3 is 9.72 Å². The molecule has 0 aliphatic heterocycles. The van der Waals surface area contributed by atoms with Gasteiger partial charge in [0.25, 0.3) is 0 Å². The van der Waals surface area contributed by atoms with Crippen LogP contribution in [0.1, 0.15) is 10.5 Å². The van der Waals surface area contributed by atoms with Gasteiger partial charge >= 0.3 is 0 Å². The van der Waals surface area contributed by atoms with E-state index in [4.69, 9.17) is 27.9 Å². The van der Waals surface area contributed by atoms with Crippen molar-refractivity contribution in [2.45, 2.75) is 0 Å².